The summed E-state index contributed by atoms with van der Waals surface area (Å²) in [4.78, 5) is 6.59. The summed E-state index contributed by atoms with van der Waals surface area (Å²) >= 11 is 1.58. The summed E-state index contributed by atoms with van der Waals surface area (Å²) < 4.78 is 6.11. The van der Waals surface area contributed by atoms with E-state index in [1.165, 1.54) is 0 Å². The van der Waals surface area contributed by atoms with E-state index in [9.17, 15) is 0 Å². The number of aromatic nitrogens is 3. The lowest BCUT2D eigenvalue weighted by atomic mass is 9.99. The molecule has 3 rings (SSSR count). The van der Waals surface area contributed by atoms with Crippen LogP contribution in [0, 0.1) is 0 Å². The van der Waals surface area contributed by atoms with E-state index in [2.05, 4.69) is 47.8 Å². The minimum atomic E-state index is -0.196. The molecule has 0 saturated carbocycles. The number of morpholine rings is 1. The summed E-state index contributed by atoms with van der Waals surface area (Å²) in [5, 5.41) is 10.4. The molecule has 0 bridgehead atoms. The topological polar surface area (TPSA) is 51.1 Å². The lowest BCUT2D eigenvalue weighted by Crippen LogP contribution is -2.57. The first kappa shape index (κ1) is 14.4. The summed E-state index contributed by atoms with van der Waals surface area (Å²) in [7, 11) is 0. The monoisotopic (exact) mass is 304 g/mol. The second-order valence-corrected chi connectivity index (χ2v) is 7.54. The zero-order valence-electron chi connectivity index (χ0n) is 12.8. The van der Waals surface area contributed by atoms with Crippen molar-refractivity contribution in [1.29, 1.82) is 0 Å². The van der Waals surface area contributed by atoms with Crippen LogP contribution in [-0.2, 0) is 4.74 Å². The molecular weight excluding hydrogens is 284 g/mol. The Bertz CT molecular complexity index is 608. The van der Waals surface area contributed by atoms with Gasteiger partial charge in [0.25, 0.3) is 0 Å². The van der Waals surface area contributed by atoms with E-state index in [0.717, 1.165) is 28.9 Å². The zero-order valence-corrected chi connectivity index (χ0v) is 13.6. The highest BCUT2D eigenvalue weighted by atomic mass is 32.1. The van der Waals surface area contributed by atoms with E-state index < -0.39 is 0 Å². The van der Waals surface area contributed by atoms with Gasteiger partial charge in [0.05, 0.1) is 11.2 Å². The molecule has 0 aliphatic carbocycles. The Morgan fingerprint density at radius 3 is 2.43 bits per heavy atom. The van der Waals surface area contributed by atoms with Crippen molar-refractivity contribution in [1.82, 2.24) is 15.2 Å². The predicted molar refractivity (Wildman–Crippen MR) is 84.6 cm³/mol. The van der Waals surface area contributed by atoms with Gasteiger partial charge in [-0.15, -0.1) is 10.2 Å². The molecule has 0 aromatic carbocycles. The van der Waals surface area contributed by atoms with Crippen molar-refractivity contribution in [2.45, 2.75) is 38.9 Å². The van der Waals surface area contributed by atoms with Crippen LogP contribution in [0.5, 0.6) is 0 Å². The van der Waals surface area contributed by atoms with Crippen LogP contribution in [0.25, 0.3) is 10.7 Å². The van der Waals surface area contributed by atoms with Gasteiger partial charge in [0, 0.05) is 19.3 Å². The van der Waals surface area contributed by atoms with E-state index in [1.54, 1.807) is 17.5 Å². The molecule has 21 heavy (non-hydrogen) atoms. The molecule has 0 unspecified atom stereocenters. The molecule has 1 saturated heterocycles. The largest absolute Gasteiger partial charge is 0.366 e. The Kier molecular flexibility index (Phi) is 3.45. The van der Waals surface area contributed by atoms with Crippen LogP contribution in [0.2, 0.25) is 0 Å². The van der Waals surface area contributed by atoms with E-state index in [4.69, 9.17) is 4.74 Å². The molecule has 1 aliphatic rings. The van der Waals surface area contributed by atoms with Gasteiger partial charge < -0.3 is 9.64 Å². The third-order valence-electron chi connectivity index (χ3n) is 3.26. The Balaban J connectivity index is 1.86. The summed E-state index contributed by atoms with van der Waals surface area (Å²) in [6.45, 7) is 10.1. The minimum absolute atomic E-state index is 0.196. The van der Waals surface area contributed by atoms with E-state index in [0.29, 0.717) is 0 Å². The fraction of sp³-hybridized carbons (Fsp3) is 0.533. The normalized spacial score (nSPS) is 20.5. The highest BCUT2D eigenvalue weighted by Crippen LogP contribution is 2.34. The number of ether oxygens (including phenoxy) is 1. The third-order valence-corrected chi connectivity index (χ3v) is 4.27. The van der Waals surface area contributed by atoms with Crippen molar-refractivity contribution in [2.75, 3.05) is 18.0 Å². The standard InChI is InChI=1S/C15H20N4OS/c1-14(2)9-19(10-15(3,4)20-14)13-18-17-12(21-13)11-7-5-6-8-16-11/h5-8H,9-10H2,1-4H3. The van der Waals surface area contributed by atoms with Crippen molar-refractivity contribution in [3.63, 3.8) is 0 Å². The summed E-state index contributed by atoms with van der Waals surface area (Å²) in [6.07, 6.45) is 1.78. The second kappa shape index (κ2) is 5.03. The molecule has 5 nitrogen and oxygen atoms in total. The van der Waals surface area contributed by atoms with Crippen molar-refractivity contribution >= 4 is 16.5 Å². The summed E-state index contributed by atoms with van der Waals surface area (Å²) in [5.74, 6) is 0. The van der Waals surface area contributed by atoms with Crippen molar-refractivity contribution in [3.8, 4) is 10.7 Å². The van der Waals surface area contributed by atoms with Crippen molar-refractivity contribution < 1.29 is 4.74 Å². The Morgan fingerprint density at radius 1 is 1.10 bits per heavy atom. The minimum Gasteiger partial charge on any atom is -0.366 e. The first-order chi connectivity index (χ1) is 9.85. The first-order valence-electron chi connectivity index (χ1n) is 7.05. The average molecular weight is 304 g/mol. The quantitative estimate of drug-likeness (QED) is 0.853. The molecule has 1 aliphatic heterocycles. The van der Waals surface area contributed by atoms with Gasteiger partial charge in [-0.2, -0.15) is 0 Å². The van der Waals surface area contributed by atoms with E-state index >= 15 is 0 Å². The molecule has 2 aromatic rings. The highest BCUT2D eigenvalue weighted by molar-refractivity contribution is 7.18. The number of anilines is 1. The van der Waals surface area contributed by atoms with E-state index in [1.807, 2.05) is 18.2 Å². The number of rotatable bonds is 2. The fourth-order valence-electron chi connectivity index (χ4n) is 2.86. The van der Waals surface area contributed by atoms with Crippen molar-refractivity contribution in [3.05, 3.63) is 24.4 Å². The maximum atomic E-state index is 6.11. The Morgan fingerprint density at radius 2 is 1.81 bits per heavy atom. The smallest absolute Gasteiger partial charge is 0.208 e. The summed E-state index contributed by atoms with van der Waals surface area (Å²) in [5.41, 5.74) is 0.477. The van der Waals surface area contributed by atoms with Crippen LogP contribution >= 0.6 is 11.3 Å². The predicted octanol–water partition coefficient (Wildman–Crippen LogP) is 2.99. The molecule has 0 radical (unpaired) electrons. The van der Waals surface area contributed by atoms with Crippen LogP contribution in [0.15, 0.2) is 24.4 Å². The molecule has 112 valence electrons. The molecule has 1 fully saturated rings. The van der Waals surface area contributed by atoms with Gasteiger partial charge in [-0.25, -0.2) is 0 Å². The molecule has 0 atom stereocenters. The van der Waals surface area contributed by atoms with Crippen LogP contribution in [0.1, 0.15) is 27.7 Å². The molecule has 0 N–H and O–H groups in total. The van der Waals surface area contributed by atoms with Gasteiger partial charge in [0.2, 0.25) is 5.13 Å². The third kappa shape index (κ3) is 3.22. The summed E-state index contributed by atoms with van der Waals surface area (Å²) in [6, 6.07) is 5.82. The number of pyridine rings is 1. The second-order valence-electron chi connectivity index (χ2n) is 6.58. The van der Waals surface area contributed by atoms with Gasteiger partial charge >= 0.3 is 0 Å². The number of hydrogen-bond donors (Lipinski definition) is 0. The maximum Gasteiger partial charge on any atom is 0.208 e. The zero-order chi connectivity index (χ0) is 15.1. The highest BCUT2D eigenvalue weighted by Gasteiger charge is 2.39. The Hall–Kier alpha value is -1.53. The maximum absolute atomic E-state index is 6.11. The van der Waals surface area contributed by atoms with Gasteiger partial charge in [0.15, 0.2) is 5.01 Å². The number of hydrogen-bond acceptors (Lipinski definition) is 6. The van der Waals surface area contributed by atoms with E-state index in [-0.39, 0.29) is 11.2 Å². The van der Waals surface area contributed by atoms with Gasteiger partial charge in [-0.1, -0.05) is 17.4 Å². The van der Waals surface area contributed by atoms with Gasteiger partial charge in [-0.05, 0) is 39.8 Å². The van der Waals surface area contributed by atoms with Crippen molar-refractivity contribution in [2.24, 2.45) is 0 Å². The molecule has 6 heteroatoms. The number of nitrogens with zero attached hydrogens (tertiary/aromatic N) is 4. The molecule has 2 aromatic heterocycles. The van der Waals surface area contributed by atoms with Crippen LogP contribution in [0.3, 0.4) is 0 Å². The van der Waals surface area contributed by atoms with Crippen LogP contribution in [0.4, 0.5) is 5.13 Å². The first-order valence-corrected chi connectivity index (χ1v) is 7.86. The Labute approximate surface area is 129 Å². The van der Waals surface area contributed by atoms with Crippen LogP contribution in [-0.4, -0.2) is 39.5 Å². The molecule has 0 amide bonds. The average Bonchev–Trinajstić information content (AvgIpc) is 2.85. The fourth-order valence-corrected chi connectivity index (χ4v) is 3.68. The van der Waals surface area contributed by atoms with Crippen LogP contribution < -0.4 is 4.90 Å². The van der Waals surface area contributed by atoms with Gasteiger partial charge in [0.1, 0.15) is 5.69 Å². The lowest BCUT2D eigenvalue weighted by molar-refractivity contribution is -0.133. The molecular formula is C15H20N4OS. The molecule has 0 spiro atoms. The SMILES string of the molecule is CC1(C)CN(c2nnc(-c3ccccn3)s2)CC(C)(C)O1. The molecule has 3 heterocycles. The lowest BCUT2D eigenvalue weighted by Gasteiger charge is -2.46. The van der Waals surface area contributed by atoms with Gasteiger partial charge in [-0.3, -0.25) is 4.98 Å².